The maximum Gasteiger partial charge on any atom is 0.244 e. The van der Waals surface area contributed by atoms with Crippen molar-refractivity contribution < 1.29 is 14.3 Å². The van der Waals surface area contributed by atoms with Crippen LogP contribution in [0.1, 0.15) is 29.2 Å². The number of rotatable bonds is 5. The van der Waals surface area contributed by atoms with Crippen LogP contribution >= 0.6 is 11.6 Å². The van der Waals surface area contributed by atoms with Gasteiger partial charge in [-0.2, -0.15) is 0 Å². The van der Waals surface area contributed by atoms with Crippen LogP contribution in [0.3, 0.4) is 0 Å². The van der Waals surface area contributed by atoms with Crippen LogP contribution in [0.2, 0.25) is 5.02 Å². The number of carbonyl (C=O) groups excluding carboxylic acids is 2. The number of hydrogen-bond acceptors (Lipinski definition) is 3. The number of halogens is 1. The molecule has 2 amide bonds. The van der Waals surface area contributed by atoms with E-state index in [-0.39, 0.29) is 18.4 Å². The second-order valence-electron chi connectivity index (χ2n) is 6.70. The molecule has 0 aliphatic heterocycles. The first-order valence-electron chi connectivity index (χ1n) is 8.64. The van der Waals surface area contributed by atoms with Crippen LogP contribution < -0.4 is 15.0 Å². The highest BCUT2D eigenvalue weighted by atomic mass is 35.5. The second kappa shape index (κ2) is 8.44. The molecule has 144 valence electrons. The number of anilines is 2. The van der Waals surface area contributed by atoms with Gasteiger partial charge in [0.15, 0.2) is 0 Å². The van der Waals surface area contributed by atoms with Crippen molar-refractivity contribution in [3.05, 3.63) is 51.5 Å². The standard InChI is InChI=1S/C21H25ClN2O3/c1-12-7-14(3)21(15(4)8-12)24(16(5)25)11-20(26)23-18-9-13(2)17(22)10-19(18)27-6/h7-10H,11H2,1-6H3,(H,23,26). The van der Waals surface area contributed by atoms with Gasteiger partial charge in [-0.05, 0) is 50.5 Å². The number of aryl methyl sites for hydroxylation is 4. The van der Waals surface area contributed by atoms with Crippen LogP contribution in [0.4, 0.5) is 11.4 Å². The van der Waals surface area contributed by atoms with Crippen LogP contribution in [0, 0.1) is 27.7 Å². The molecule has 0 unspecified atom stereocenters. The number of nitrogens with zero attached hydrogens (tertiary/aromatic N) is 1. The minimum Gasteiger partial charge on any atom is -0.495 e. The summed E-state index contributed by atoms with van der Waals surface area (Å²) in [7, 11) is 1.51. The van der Waals surface area contributed by atoms with Gasteiger partial charge in [-0.1, -0.05) is 29.3 Å². The molecule has 0 radical (unpaired) electrons. The smallest absolute Gasteiger partial charge is 0.244 e. The quantitative estimate of drug-likeness (QED) is 0.815. The van der Waals surface area contributed by atoms with Gasteiger partial charge in [-0.3, -0.25) is 9.59 Å². The Bertz CT molecular complexity index is 870. The Balaban J connectivity index is 2.30. The zero-order valence-corrected chi connectivity index (χ0v) is 17.3. The van der Waals surface area contributed by atoms with E-state index in [0.717, 1.165) is 27.9 Å². The Hall–Kier alpha value is -2.53. The van der Waals surface area contributed by atoms with Gasteiger partial charge in [0, 0.05) is 18.0 Å². The molecule has 0 aliphatic rings. The molecule has 2 aromatic carbocycles. The molecule has 0 spiro atoms. The lowest BCUT2D eigenvalue weighted by atomic mass is 10.0. The number of amides is 2. The molecular formula is C21H25ClN2O3. The summed E-state index contributed by atoms with van der Waals surface area (Å²) in [6, 6.07) is 7.41. The van der Waals surface area contributed by atoms with Crippen molar-refractivity contribution >= 4 is 34.8 Å². The lowest BCUT2D eigenvalue weighted by Crippen LogP contribution is -2.37. The molecular weight excluding hydrogens is 364 g/mol. The van der Waals surface area contributed by atoms with Gasteiger partial charge in [-0.15, -0.1) is 0 Å². The van der Waals surface area contributed by atoms with E-state index in [4.69, 9.17) is 16.3 Å². The van der Waals surface area contributed by atoms with Crippen LogP contribution in [0.15, 0.2) is 24.3 Å². The Morgan fingerprint density at radius 3 is 2.15 bits per heavy atom. The number of benzene rings is 2. The van der Waals surface area contributed by atoms with Gasteiger partial charge in [-0.25, -0.2) is 0 Å². The summed E-state index contributed by atoms with van der Waals surface area (Å²) in [6.45, 7) is 9.09. The van der Waals surface area contributed by atoms with Crippen molar-refractivity contribution in [2.45, 2.75) is 34.6 Å². The van der Waals surface area contributed by atoms with E-state index in [1.807, 2.05) is 39.8 Å². The van der Waals surface area contributed by atoms with E-state index < -0.39 is 0 Å². The van der Waals surface area contributed by atoms with Crippen molar-refractivity contribution in [2.24, 2.45) is 0 Å². The summed E-state index contributed by atoms with van der Waals surface area (Å²) in [6.07, 6.45) is 0. The van der Waals surface area contributed by atoms with Crippen molar-refractivity contribution in [1.29, 1.82) is 0 Å². The lowest BCUT2D eigenvalue weighted by Gasteiger charge is -2.25. The minimum atomic E-state index is -0.315. The van der Waals surface area contributed by atoms with E-state index in [1.165, 1.54) is 18.9 Å². The van der Waals surface area contributed by atoms with Gasteiger partial charge >= 0.3 is 0 Å². The van der Waals surface area contributed by atoms with Crippen molar-refractivity contribution in [3.8, 4) is 5.75 Å². The number of nitrogens with one attached hydrogen (secondary N) is 1. The lowest BCUT2D eigenvalue weighted by molar-refractivity contribution is -0.120. The topological polar surface area (TPSA) is 58.6 Å². The van der Waals surface area contributed by atoms with E-state index in [9.17, 15) is 9.59 Å². The Kier molecular flexibility index (Phi) is 6.50. The van der Waals surface area contributed by atoms with E-state index in [0.29, 0.717) is 16.5 Å². The third-order valence-electron chi connectivity index (χ3n) is 4.34. The molecule has 0 fully saturated rings. The summed E-state index contributed by atoms with van der Waals surface area (Å²) in [4.78, 5) is 26.4. The minimum absolute atomic E-state index is 0.0924. The molecule has 0 heterocycles. The molecule has 1 N–H and O–H groups in total. The Morgan fingerprint density at radius 1 is 1.04 bits per heavy atom. The normalized spacial score (nSPS) is 10.5. The molecule has 2 aromatic rings. The summed E-state index contributed by atoms with van der Waals surface area (Å²) in [5, 5.41) is 3.38. The van der Waals surface area contributed by atoms with Gasteiger partial charge < -0.3 is 15.0 Å². The first kappa shape index (κ1) is 20.8. The van der Waals surface area contributed by atoms with Gasteiger partial charge in [0.1, 0.15) is 12.3 Å². The number of hydrogen-bond donors (Lipinski definition) is 1. The van der Waals surface area contributed by atoms with E-state index in [1.54, 1.807) is 12.1 Å². The second-order valence-corrected chi connectivity index (χ2v) is 7.11. The van der Waals surface area contributed by atoms with Gasteiger partial charge in [0.25, 0.3) is 0 Å². The molecule has 0 aliphatic carbocycles. The Morgan fingerprint density at radius 2 is 1.63 bits per heavy atom. The molecule has 0 atom stereocenters. The van der Waals surface area contributed by atoms with E-state index >= 15 is 0 Å². The highest BCUT2D eigenvalue weighted by Crippen LogP contribution is 2.31. The number of carbonyl (C=O) groups is 2. The molecule has 5 nitrogen and oxygen atoms in total. The van der Waals surface area contributed by atoms with Crippen LogP contribution in [-0.4, -0.2) is 25.5 Å². The maximum atomic E-state index is 12.7. The first-order valence-corrected chi connectivity index (χ1v) is 9.01. The molecule has 0 aromatic heterocycles. The Labute approximate surface area is 165 Å². The molecule has 0 bridgehead atoms. The molecule has 0 saturated carbocycles. The van der Waals surface area contributed by atoms with Gasteiger partial charge in [0.2, 0.25) is 11.8 Å². The molecule has 6 heteroatoms. The fourth-order valence-corrected chi connectivity index (χ4v) is 3.36. The molecule has 2 rings (SSSR count). The predicted octanol–water partition coefficient (Wildman–Crippen LogP) is 4.57. The summed E-state index contributed by atoms with van der Waals surface area (Å²) >= 11 is 6.11. The van der Waals surface area contributed by atoms with E-state index in [2.05, 4.69) is 5.32 Å². The molecule has 27 heavy (non-hydrogen) atoms. The third-order valence-corrected chi connectivity index (χ3v) is 4.75. The van der Waals surface area contributed by atoms with Crippen molar-refractivity contribution in [1.82, 2.24) is 0 Å². The molecule has 0 saturated heterocycles. The third kappa shape index (κ3) is 4.80. The fourth-order valence-electron chi connectivity index (χ4n) is 3.21. The SMILES string of the molecule is COc1cc(Cl)c(C)cc1NC(=O)CN(C(C)=O)c1c(C)cc(C)cc1C. The largest absolute Gasteiger partial charge is 0.495 e. The summed E-state index contributed by atoms with van der Waals surface area (Å²) in [5.41, 5.74) is 5.13. The average molecular weight is 389 g/mol. The van der Waals surface area contributed by atoms with Crippen LogP contribution in [0.25, 0.3) is 0 Å². The zero-order valence-electron chi connectivity index (χ0n) is 16.6. The summed E-state index contributed by atoms with van der Waals surface area (Å²) in [5.74, 6) is -0.0416. The highest BCUT2D eigenvalue weighted by molar-refractivity contribution is 6.31. The fraction of sp³-hybridized carbons (Fsp3) is 0.333. The van der Waals surface area contributed by atoms with Crippen molar-refractivity contribution in [3.63, 3.8) is 0 Å². The number of ether oxygens (including phenoxy) is 1. The zero-order chi connectivity index (χ0) is 20.3. The highest BCUT2D eigenvalue weighted by Gasteiger charge is 2.21. The maximum absolute atomic E-state index is 12.7. The predicted molar refractivity (Wildman–Crippen MR) is 110 cm³/mol. The number of methoxy groups -OCH3 is 1. The van der Waals surface area contributed by atoms with Crippen LogP contribution in [-0.2, 0) is 9.59 Å². The van der Waals surface area contributed by atoms with Crippen molar-refractivity contribution in [2.75, 3.05) is 23.9 Å². The van der Waals surface area contributed by atoms with Gasteiger partial charge in [0.05, 0.1) is 18.5 Å². The monoisotopic (exact) mass is 388 g/mol. The summed E-state index contributed by atoms with van der Waals surface area (Å²) < 4.78 is 5.29. The van der Waals surface area contributed by atoms with Crippen LogP contribution in [0.5, 0.6) is 5.75 Å². The first-order chi connectivity index (χ1) is 12.6. The average Bonchev–Trinajstić information content (AvgIpc) is 2.56.